The van der Waals surface area contributed by atoms with Crippen LogP contribution < -0.4 is 4.83 Å². The minimum absolute atomic E-state index is 0.228. The summed E-state index contributed by atoms with van der Waals surface area (Å²) in [5.74, 6) is 0. The Labute approximate surface area is 107 Å². The van der Waals surface area contributed by atoms with Crippen molar-refractivity contribution in [3.05, 3.63) is 42.0 Å². The lowest BCUT2D eigenvalue weighted by Crippen LogP contribution is -2.20. The zero-order chi connectivity index (χ0) is 13.0. The lowest BCUT2D eigenvalue weighted by atomic mass is 10.00. The average molecular weight is 264 g/mol. The normalized spacial score (nSPS) is 18.5. The molecule has 2 rings (SSSR count). The average Bonchev–Trinajstić information content (AvgIpc) is 2.38. The summed E-state index contributed by atoms with van der Waals surface area (Å²) < 4.78 is 23.8. The van der Waals surface area contributed by atoms with Crippen molar-refractivity contribution in [2.24, 2.45) is 5.10 Å². The Morgan fingerprint density at radius 2 is 1.89 bits per heavy atom. The molecule has 0 saturated heterocycles. The summed E-state index contributed by atoms with van der Waals surface area (Å²) >= 11 is 0. The highest BCUT2D eigenvalue weighted by molar-refractivity contribution is 7.89. The quantitative estimate of drug-likeness (QED) is 0.852. The maximum atomic E-state index is 11.9. The van der Waals surface area contributed by atoms with Crippen molar-refractivity contribution in [1.82, 2.24) is 4.83 Å². The van der Waals surface area contributed by atoms with Crippen molar-refractivity contribution in [2.75, 3.05) is 0 Å². The number of nitrogens with one attached hydrogen (secondary N) is 1. The van der Waals surface area contributed by atoms with E-state index in [2.05, 4.69) is 9.93 Å². The Kier molecular flexibility index (Phi) is 3.81. The third kappa shape index (κ3) is 3.20. The monoisotopic (exact) mass is 264 g/mol. The molecule has 0 unspecified atom stereocenters. The first-order chi connectivity index (χ1) is 8.58. The van der Waals surface area contributed by atoms with Gasteiger partial charge < -0.3 is 0 Å². The lowest BCUT2D eigenvalue weighted by molar-refractivity contribution is 0.584. The van der Waals surface area contributed by atoms with Gasteiger partial charge in [0.05, 0.1) is 10.6 Å². The molecule has 0 spiro atoms. The molecule has 0 saturated carbocycles. The molecule has 1 N–H and O–H groups in total. The van der Waals surface area contributed by atoms with E-state index in [4.69, 9.17) is 0 Å². The maximum Gasteiger partial charge on any atom is 0.276 e. The van der Waals surface area contributed by atoms with Gasteiger partial charge in [0.15, 0.2) is 0 Å². The van der Waals surface area contributed by atoms with Crippen molar-refractivity contribution in [3.8, 4) is 0 Å². The van der Waals surface area contributed by atoms with Crippen LogP contribution in [0.3, 0.4) is 0 Å². The Morgan fingerprint density at radius 1 is 1.17 bits per heavy atom. The van der Waals surface area contributed by atoms with Crippen molar-refractivity contribution in [3.63, 3.8) is 0 Å². The minimum Gasteiger partial charge on any atom is -0.200 e. The number of allylic oxidation sites excluding steroid dienone is 2. The lowest BCUT2D eigenvalue weighted by Gasteiger charge is -2.11. The van der Waals surface area contributed by atoms with Gasteiger partial charge in [-0.3, -0.25) is 0 Å². The Hall–Kier alpha value is -1.62. The van der Waals surface area contributed by atoms with Crippen LogP contribution in [0.4, 0.5) is 0 Å². The molecule has 0 aliphatic heterocycles. The Morgan fingerprint density at radius 3 is 2.56 bits per heavy atom. The first kappa shape index (κ1) is 12.8. The van der Waals surface area contributed by atoms with Crippen LogP contribution in [-0.4, -0.2) is 14.1 Å². The number of nitrogens with zero attached hydrogens (tertiary/aromatic N) is 1. The van der Waals surface area contributed by atoms with Crippen molar-refractivity contribution < 1.29 is 8.42 Å². The predicted octanol–water partition coefficient (Wildman–Crippen LogP) is 2.45. The van der Waals surface area contributed by atoms with Gasteiger partial charge in [0.2, 0.25) is 0 Å². The molecule has 0 fully saturated rings. The zero-order valence-corrected chi connectivity index (χ0v) is 11.1. The van der Waals surface area contributed by atoms with Crippen molar-refractivity contribution in [1.29, 1.82) is 0 Å². The van der Waals surface area contributed by atoms with Gasteiger partial charge in [0, 0.05) is 0 Å². The van der Waals surface area contributed by atoms with Crippen molar-refractivity contribution >= 4 is 15.7 Å². The molecular weight excluding hydrogens is 248 g/mol. The van der Waals surface area contributed by atoms with E-state index >= 15 is 0 Å². The second-order valence-electron chi connectivity index (χ2n) is 4.36. The van der Waals surface area contributed by atoms with E-state index < -0.39 is 10.0 Å². The van der Waals surface area contributed by atoms with Gasteiger partial charge in [0.25, 0.3) is 10.0 Å². The molecular formula is C13H16N2O2S. The standard InChI is InChI=1S/C13H16N2O2S/c1-11-6-5-7-12(10-11)14-15-18(16,17)13-8-3-2-4-9-13/h2-4,8-10,15H,5-7H2,1H3/b14-12+. The summed E-state index contributed by atoms with van der Waals surface area (Å²) in [6.45, 7) is 2.03. The molecule has 1 aromatic carbocycles. The van der Waals surface area contributed by atoms with Gasteiger partial charge in [0.1, 0.15) is 0 Å². The molecule has 0 radical (unpaired) electrons. The van der Waals surface area contributed by atoms with Gasteiger partial charge in [-0.25, -0.2) is 0 Å². The van der Waals surface area contributed by atoms with Crippen LogP contribution in [0.2, 0.25) is 0 Å². The van der Waals surface area contributed by atoms with Gasteiger partial charge >= 0.3 is 0 Å². The third-order valence-corrected chi connectivity index (χ3v) is 4.00. The molecule has 0 heterocycles. The fourth-order valence-electron chi connectivity index (χ4n) is 1.84. The molecule has 5 heteroatoms. The van der Waals surface area contributed by atoms with Crippen molar-refractivity contribution in [2.45, 2.75) is 31.1 Å². The van der Waals surface area contributed by atoms with Gasteiger partial charge in [-0.1, -0.05) is 23.8 Å². The molecule has 4 nitrogen and oxygen atoms in total. The number of sulfonamides is 1. The van der Waals surface area contributed by atoms with Crippen LogP contribution in [0, 0.1) is 0 Å². The van der Waals surface area contributed by atoms with E-state index in [9.17, 15) is 8.42 Å². The Balaban J connectivity index is 2.15. The number of hydrazone groups is 1. The molecule has 1 aromatic rings. The van der Waals surface area contributed by atoms with Crippen LogP contribution >= 0.6 is 0 Å². The van der Waals surface area contributed by atoms with Gasteiger partial charge in [-0.05, 0) is 44.4 Å². The largest absolute Gasteiger partial charge is 0.276 e. The second kappa shape index (κ2) is 5.35. The topological polar surface area (TPSA) is 58.5 Å². The highest BCUT2D eigenvalue weighted by atomic mass is 32.2. The molecule has 0 amide bonds. The molecule has 0 aromatic heterocycles. The molecule has 0 bridgehead atoms. The minimum atomic E-state index is -3.54. The molecule has 0 atom stereocenters. The first-order valence-corrected chi connectivity index (χ1v) is 7.37. The molecule has 96 valence electrons. The van der Waals surface area contributed by atoms with E-state index in [1.54, 1.807) is 30.3 Å². The molecule has 18 heavy (non-hydrogen) atoms. The van der Waals surface area contributed by atoms with E-state index in [1.807, 2.05) is 13.0 Å². The smallest absolute Gasteiger partial charge is 0.200 e. The summed E-state index contributed by atoms with van der Waals surface area (Å²) in [5.41, 5.74) is 2.03. The highest BCUT2D eigenvalue weighted by Gasteiger charge is 2.12. The number of hydrogen-bond donors (Lipinski definition) is 1. The van der Waals surface area contributed by atoms with Crippen LogP contribution in [0.5, 0.6) is 0 Å². The summed E-state index contributed by atoms with van der Waals surface area (Å²) in [5, 5.41) is 3.98. The maximum absolute atomic E-state index is 11.9. The van der Waals surface area contributed by atoms with Gasteiger partial charge in [-0.15, -0.1) is 0 Å². The highest BCUT2D eigenvalue weighted by Crippen LogP contribution is 2.15. The van der Waals surface area contributed by atoms with Crippen LogP contribution in [-0.2, 0) is 10.0 Å². The van der Waals surface area contributed by atoms with Crippen LogP contribution in [0.15, 0.2) is 52.0 Å². The van der Waals surface area contributed by atoms with Crippen LogP contribution in [0.1, 0.15) is 26.2 Å². The summed E-state index contributed by atoms with van der Waals surface area (Å²) in [4.78, 5) is 2.51. The summed E-state index contributed by atoms with van der Waals surface area (Å²) in [7, 11) is -3.54. The fourth-order valence-corrected chi connectivity index (χ4v) is 2.69. The molecule has 1 aliphatic carbocycles. The molecule has 1 aliphatic rings. The van der Waals surface area contributed by atoms with E-state index in [1.165, 1.54) is 5.57 Å². The van der Waals surface area contributed by atoms with E-state index in [0.29, 0.717) is 0 Å². The second-order valence-corrected chi connectivity index (χ2v) is 6.02. The summed E-state index contributed by atoms with van der Waals surface area (Å²) in [6, 6.07) is 8.24. The van der Waals surface area contributed by atoms with Crippen LogP contribution in [0.25, 0.3) is 0 Å². The summed E-state index contributed by atoms with van der Waals surface area (Å²) in [6.07, 6.45) is 4.84. The fraction of sp³-hybridized carbons (Fsp3) is 0.308. The zero-order valence-electron chi connectivity index (χ0n) is 10.3. The Bertz CT molecular complexity index is 574. The van der Waals surface area contributed by atoms with Gasteiger partial charge in [-0.2, -0.15) is 18.4 Å². The number of benzene rings is 1. The third-order valence-electron chi connectivity index (χ3n) is 2.78. The first-order valence-electron chi connectivity index (χ1n) is 5.88. The van der Waals surface area contributed by atoms with E-state index in [-0.39, 0.29) is 4.90 Å². The number of rotatable bonds is 3. The predicted molar refractivity (Wildman–Crippen MR) is 71.8 cm³/mol. The number of hydrogen-bond acceptors (Lipinski definition) is 3. The SMILES string of the molecule is CC1=C/C(=N/NS(=O)(=O)c2ccccc2)CCC1. The van der Waals surface area contributed by atoms with E-state index in [0.717, 1.165) is 25.0 Å².